The molecule has 0 aromatic carbocycles. The zero-order valence-corrected chi connectivity index (χ0v) is 12.6. The van der Waals surface area contributed by atoms with Crippen molar-refractivity contribution in [3.63, 3.8) is 0 Å². The normalized spacial score (nSPS) is 10.2. The van der Waals surface area contributed by atoms with E-state index in [1.807, 2.05) is 6.92 Å². The standard InChI is InChI=1S/C12H17NO3S2/c1-5-16-11(15)9-7(3)8(10(14)13-4)12(18-9)17-6-2/h5-6H2,1-4H3,(H,13,14). The zero-order valence-electron chi connectivity index (χ0n) is 11.0. The molecule has 1 N–H and O–H groups in total. The van der Waals surface area contributed by atoms with Crippen molar-refractivity contribution in [2.75, 3.05) is 19.4 Å². The Balaban J connectivity index is 3.23. The third-order valence-corrected chi connectivity index (χ3v) is 4.73. The van der Waals surface area contributed by atoms with E-state index in [0.29, 0.717) is 22.6 Å². The van der Waals surface area contributed by atoms with Crippen LogP contribution >= 0.6 is 23.1 Å². The van der Waals surface area contributed by atoms with Crippen LogP contribution < -0.4 is 5.32 Å². The second kappa shape index (κ2) is 6.80. The van der Waals surface area contributed by atoms with E-state index in [2.05, 4.69) is 5.32 Å². The summed E-state index contributed by atoms with van der Waals surface area (Å²) in [5, 5.41) is 2.61. The highest BCUT2D eigenvalue weighted by Gasteiger charge is 2.24. The van der Waals surface area contributed by atoms with E-state index in [1.165, 1.54) is 11.3 Å². The summed E-state index contributed by atoms with van der Waals surface area (Å²) in [6, 6.07) is 0. The summed E-state index contributed by atoms with van der Waals surface area (Å²) in [5.74, 6) is 0.343. The van der Waals surface area contributed by atoms with Gasteiger partial charge in [-0.15, -0.1) is 23.1 Å². The molecule has 0 fully saturated rings. The lowest BCUT2D eigenvalue weighted by Crippen LogP contribution is -2.19. The van der Waals surface area contributed by atoms with Crippen LogP contribution in [0.1, 0.15) is 39.4 Å². The van der Waals surface area contributed by atoms with Gasteiger partial charge in [0.25, 0.3) is 5.91 Å². The summed E-state index contributed by atoms with van der Waals surface area (Å²) in [6.07, 6.45) is 0. The van der Waals surface area contributed by atoms with E-state index in [-0.39, 0.29) is 11.9 Å². The molecule has 1 heterocycles. The number of rotatable bonds is 5. The van der Waals surface area contributed by atoms with E-state index in [1.54, 1.807) is 32.7 Å². The molecule has 0 atom stereocenters. The van der Waals surface area contributed by atoms with Gasteiger partial charge in [0.15, 0.2) is 0 Å². The molecule has 0 saturated heterocycles. The summed E-state index contributed by atoms with van der Waals surface area (Å²) in [6.45, 7) is 5.90. The summed E-state index contributed by atoms with van der Waals surface area (Å²) in [5.41, 5.74) is 1.30. The largest absolute Gasteiger partial charge is 0.462 e. The number of nitrogens with one attached hydrogen (secondary N) is 1. The van der Waals surface area contributed by atoms with Gasteiger partial charge in [-0.2, -0.15) is 0 Å². The number of esters is 1. The second-order valence-electron chi connectivity index (χ2n) is 3.45. The Bertz CT molecular complexity index is 454. The van der Waals surface area contributed by atoms with E-state index >= 15 is 0 Å². The molecule has 0 aliphatic heterocycles. The molecule has 0 aliphatic rings. The maximum atomic E-state index is 11.9. The number of hydrogen-bond donors (Lipinski definition) is 1. The molecule has 0 radical (unpaired) electrons. The van der Waals surface area contributed by atoms with Gasteiger partial charge < -0.3 is 10.1 Å². The van der Waals surface area contributed by atoms with Crippen molar-refractivity contribution in [2.45, 2.75) is 25.0 Å². The van der Waals surface area contributed by atoms with Crippen LogP contribution in [0.4, 0.5) is 0 Å². The fourth-order valence-corrected chi connectivity index (χ4v) is 3.92. The highest BCUT2D eigenvalue weighted by atomic mass is 32.2. The Morgan fingerprint density at radius 3 is 2.56 bits per heavy atom. The summed E-state index contributed by atoms with van der Waals surface area (Å²) < 4.78 is 5.87. The van der Waals surface area contributed by atoms with Gasteiger partial charge in [-0.1, -0.05) is 6.92 Å². The van der Waals surface area contributed by atoms with Crippen molar-refractivity contribution in [3.05, 3.63) is 16.0 Å². The number of thioether (sulfide) groups is 1. The summed E-state index contributed by atoms with van der Waals surface area (Å²) in [7, 11) is 1.59. The molecule has 0 aliphatic carbocycles. The van der Waals surface area contributed by atoms with Crippen molar-refractivity contribution in [3.8, 4) is 0 Å². The van der Waals surface area contributed by atoms with Crippen LogP contribution in [0, 0.1) is 6.92 Å². The number of thiophene rings is 1. The van der Waals surface area contributed by atoms with Gasteiger partial charge in [-0.3, -0.25) is 4.79 Å². The van der Waals surface area contributed by atoms with Gasteiger partial charge in [0.2, 0.25) is 0 Å². The van der Waals surface area contributed by atoms with E-state index < -0.39 is 0 Å². The van der Waals surface area contributed by atoms with Gasteiger partial charge in [-0.05, 0) is 25.2 Å². The van der Waals surface area contributed by atoms with Crippen molar-refractivity contribution in [1.29, 1.82) is 0 Å². The topological polar surface area (TPSA) is 55.4 Å². The zero-order chi connectivity index (χ0) is 13.7. The number of ether oxygens (including phenoxy) is 1. The monoisotopic (exact) mass is 287 g/mol. The molecule has 6 heteroatoms. The van der Waals surface area contributed by atoms with Crippen molar-refractivity contribution < 1.29 is 14.3 Å². The summed E-state index contributed by atoms with van der Waals surface area (Å²) in [4.78, 5) is 24.2. The van der Waals surface area contributed by atoms with Gasteiger partial charge in [0, 0.05) is 7.05 Å². The Hall–Kier alpha value is -1.01. The van der Waals surface area contributed by atoms with E-state index in [0.717, 1.165) is 9.96 Å². The molecule has 4 nitrogen and oxygen atoms in total. The Morgan fingerprint density at radius 1 is 1.39 bits per heavy atom. The molecule has 1 amide bonds. The summed E-state index contributed by atoms with van der Waals surface area (Å²) >= 11 is 2.90. The fraction of sp³-hybridized carbons (Fsp3) is 0.500. The predicted octanol–water partition coefficient (Wildman–Crippen LogP) is 2.70. The minimum Gasteiger partial charge on any atom is -0.462 e. The molecule has 0 spiro atoms. The fourth-order valence-electron chi connectivity index (χ4n) is 1.50. The molecule has 0 saturated carbocycles. The first kappa shape index (κ1) is 15.0. The number of carbonyl (C=O) groups is 2. The van der Waals surface area contributed by atoms with Crippen LogP contribution in [0.15, 0.2) is 4.21 Å². The van der Waals surface area contributed by atoms with Crippen LogP contribution in [0.3, 0.4) is 0 Å². The van der Waals surface area contributed by atoms with Gasteiger partial charge in [0.05, 0.1) is 16.4 Å². The molecular formula is C12H17NO3S2. The lowest BCUT2D eigenvalue weighted by Gasteiger charge is -2.02. The minimum absolute atomic E-state index is 0.157. The first-order valence-electron chi connectivity index (χ1n) is 5.72. The van der Waals surface area contributed by atoms with Crippen LogP contribution in [-0.2, 0) is 4.74 Å². The Morgan fingerprint density at radius 2 is 2.06 bits per heavy atom. The third kappa shape index (κ3) is 3.05. The van der Waals surface area contributed by atoms with Crippen LogP contribution in [0.2, 0.25) is 0 Å². The maximum absolute atomic E-state index is 11.9. The molecule has 18 heavy (non-hydrogen) atoms. The van der Waals surface area contributed by atoms with Crippen molar-refractivity contribution in [1.82, 2.24) is 5.32 Å². The first-order chi connectivity index (χ1) is 8.56. The number of carbonyl (C=O) groups excluding carboxylic acids is 2. The van der Waals surface area contributed by atoms with Crippen LogP contribution in [0.5, 0.6) is 0 Å². The van der Waals surface area contributed by atoms with Gasteiger partial charge in [0.1, 0.15) is 4.88 Å². The van der Waals surface area contributed by atoms with Crippen LogP contribution in [-0.4, -0.2) is 31.3 Å². The molecule has 100 valence electrons. The molecule has 1 aromatic heterocycles. The highest BCUT2D eigenvalue weighted by molar-refractivity contribution is 8.01. The SMILES string of the molecule is CCOC(=O)c1sc(SCC)c(C(=O)NC)c1C. The van der Waals surface area contributed by atoms with E-state index in [4.69, 9.17) is 4.74 Å². The van der Waals surface area contributed by atoms with E-state index in [9.17, 15) is 9.59 Å². The van der Waals surface area contributed by atoms with Crippen molar-refractivity contribution in [2.24, 2.45) is 0 Å². The second-order valence-corrected chi connectivity index (χ2v) is 6.00. The molecule has 1 rings (SSSR count). The van der Waals surface area contributed by atoms with Crippen LogP contribution in [0.25, 0.3) is 0 Å². The molecule has 0 unspecified atom stereocenters. The Labute approximate surface area is 115 Å². The molecular weight excluding hydrogens is 270 g/mol. The molecule has 1 aromatic rings. The van der Waals surface area contributed by atoms with Crippen molar-refractivity contribution >= 4 is 35.0 Å². The first-order valence-corrected chi connectivity index (χ1v) is 7.52. The lowest BCUT2D eigenvalue weighted by atomic mass is 10.1. The smallest absolute Gasteiger partial charge is 0.348 e. The third-order valence-electron chi connectivity index (χ3n) is 2.30. The quantitative estimate of drug-likeness (QED) is 0.668. The highest BCUT2D eigenvalue weighted by Crippen LogP contribution is 2.36. The number of amides is 1. The maximum Gasteiger partial charge on any atom is 0.348 e. The molecule has 0 bridgehead atoms. The van der Waals surface area contributed by atoms with Gasteiger partial charge in [-0.25, -0.2) is 4.79 Å². The van der Waals surface area contributed by atoms with Gasteiger partial charge >= 0.3 is 5.97 Å². The average molecular weight is 287 g/mol. The lowest BCUT2D eigenvalue weighted by molar-refractivity contribution is 0.0531. The predicted molar refractivity (Wildman–Crippen MR) is 74.8 cm³/mol. The number of hydrogen-bond acceptors (Lipinski definition) is 5. The average Bonchev–Trinajstić information content (AvgIpc) is 2.66. The minimum atomic E-state index is -0.354. The Kier molecular flexibility index (Phi) is 5.68.